The molecule has 3 aromatic carbocycles. The van der Waals surface area contributed by atoms with Gasteiger partial charge in [0.05, 0.1) is 7.11 Å². The fourth-order valence-corrected chi connectivity index (χ4v) is 3.84. The average molecular weight is 374 g/mol. The number of amides is 1. The van der Waals surface area contributed by atoms with Gasteiger partial charge in [0, 0.05) is 31.2 Å². The highest BCUT2D eigenvalue weighted by atomic mass is 16.5. The Morgan fingerprint density at radius 2 is 1.71 bits per heavy atom. The van der Waals surface area contributed by atoms with Gasteiger partial charge in [-0.1, -0.05) is 42.5 Å². The third-order valence-corrected chi connectivity index (χ3v) is 5.48. The summed E-state index contributed by atoms with van der Waals surface area (Å²) < 4.78 is 5.26. The van der Waals surface area contributed by atoms with Crippen LogP contribution in [0.15, 0.2) is 66.7 Å². The van der Waals surface area contributed by atoms with Crippen LogP contribution in [0, 0.1) is 0 Å². The lowest BCUT2D eigenvalue weighted by atomic mass is 10.0. The number of ether oxygens (including phenoxy) is 1. The van der Waals surface area contributed by atoms with Crippen molar-refractivity contribution in [1.82, 2.24) is 10.2 Å². The zero-order valence-electron chi connectivity index (χ0n) is 16.2. The third-order valence-electron chi connectivity index (χ3n) is 5.48. The van der Waals surface area contributed by atoms with Gasteiger partial charge in [-0.2, -0.15) is 0 Å². The van der Waals surface area contributed by atoms with E-state index in [9.17, 15) is 4.79 Å². The normalized spacial score (nSPS) is 15.5. The first-order valence-electron chi connectivity index (χ1n) is 9.86. The fourth-order valence-electron chi connectivity index (χ4n) is 3.84. The van der Waals surface area contributed by atoms with Crippen molar-refractivity contribution in [3.63, 3.8) is 0 Å². The maximum Gasteiger partial charge on any atom is 0.251 e. The molecule has 0 spiro atoms. The highest BCUT2D eigenvalue weighted by Crippen LogP contribution is 2.22. The second kappa shape index (κ2) is 8.44. The number of hydrogen-bond donors (Lipinski definition) is 1. The van der Waals surface area contributed by atoms with Crippen molar-refractivity contribution in [1.29, 1.82) is 0 Å². The number of carbonyl (C=O) groups is 1. The molecule has 3 aromatic rings. The molecule has 0 unspecified atom stereocenters. The molecule has 1 saturated heterocycles. The number of rotatable bonds is 5. The van der Waals surface area contributed by atoms with E-state index in [0.717, 1.165) is 49.0 Å². The van der Waals surface area contributed by atoms with Gasteiger partial charge in [0.25, 0.3) is 5.91 Å². The van der Waals surface area contributed by atoms with Crippen LogP contribution in [-0.2, 0) is 6.54 Å². The molecule has 1 amide bonds. The zero-order valence-corrected chi connectivity index (χ0v) is 16.2. The molecular formula is C24H26N2O2. The van der Waals surface area contributed by atoms with Gasteiger partial charge in [-0.25, -0.2) is 0 Å². The molecule has 0 aromatic heterocycles. The van der Waals surface area contributed by atoms with Crippen molar-refractivity contribution < 1.29 is 9.53 Å². The fraction of sp³-hybridized carbons (Fsp3) is 0.292. The van der Waals surface area contributed by atoms with E-state index in [-0.39, 0.29) is 11.9 Å². The largest absolute Gasteiger partial charge is 0.497 e. The highest BCUT2D eigenvalue weighted by Gasteiger charge is 2.21. The molecule has 28 heavy (non-hydrogen) atoms. The van der Waals surface area contributed by atoms with Gasteiger partial charge < -0.3 is 10.1 Å². The number of likely N-dealkylation sites (tertiary alicyclic amines) is 1. The predicted octanol–water partition coefficient (Wildman–Crippen LogP) is 4.24. The van der Waals surface area contributed by atoms with Crippen molar-refractivity contribution in [2.75, 3.05) is 20.2 Å². The molecule has 0 radical (unpaired) electrons. The van der Waals surface area contributed by atoms with Gasteiger partial charge in [0.15, 0.2) is 0 Å². The van der Waals surface area contributed by atoms with E-state index in [1.54, 1.807) is 7.11 Å². The lowest BCUT2D eigenvalue weighted by molar-refractivity contribution is 0.0909. The summed E-state index contributed by atoms with van der Waals surface area (Å²) in [7, 11) is 1.66. The summed E-state index contributed by atoms with van der Waals surface area (Å²) >= 11 is 0. The molecule has 0 atom stereocenters. The first-order valence-corrected chi connectivity index (χ1v) is 9.86. The molecule has 0 bridgehead atoms. The molecule has 4 nitrogen and oxygen atoms in total. The Morgan fingerprint density at radius 1 is 1.00 bits per heavy atom. The van der Waals surface area contributed by atoms with Gasteiger partial charge in [0.2, 0.25) is 0 Å². The number of nitrogens with zero attached hydrogens (tertiary/aromatic N) is 1. The van der Waals surface area contributed by atoms with Gasteiger partial charge in [-0.15, -0.1) is 0 Å². The van der Waals surface area contributed by atoms with E-state index in [4.69, 9.17) is 4.74 Å². The Bertz CT molecular complexity index is 947. The van der Waals surface area contributed by atoms with E-state index >= 15 is 0 Å². The molecule has 1 aliphatic heterocycles. The SMILES string of the molecule is COc1ccc2cc(C(=O)NC3CCN(Cc4ccccc4)CC3)ccc2c1. The molecule has 0 aliphatic carbocycles. The number of fused-ring (bicyclic) bond motifs is 1. The van der Waals surface area contributed by atoms with Crippen molar-refractivity contribution in [2.24, 2.45) is 0 Å². The smallest absolute Gasteiger partial charge is 0.251 e. The summed E-state index contributed by atoms with van der Waals surface area (Å²) in [4.78, 5) is 15.2. The summed E-state index contributed by atoms with van der Waals surface area (Å²) in [6.07, 6.45) is 1.98. The number of nitrogens with one attached hydrogen (secondary N) is 1. The van der Waals surface area contributed by atoms with Crippen LogP contribution in [0.1, 0.15) is 28.8 Å². The van der Waals surface area contributed by atoms with E-state index in [0.29, 0.717) is 5.56 Å². The van der Waals surface area contributed by atoms with Crippen LogP contribution in [0.3, 0.4) is 0 Å². The highest BCUT2D eigenvalue weighted by molar-refractivity contribution is 5.99. The van der Waals surface area contributed by atoms with Gasteiger partial charge >= 0.3 is 0 Å². The van der Waals surface area contributed by atoms with Crippen LogP contribution in [-0.4, -0.2) is 37.0 Å². The van der Waals surface area contributed by atoms with E-state index in [1.807, 2.05) is 36.4 Å². The van der Waals surface area contributed by atoms with E-state index < -0.39 is 0 Å². The minimum atomic E-state index is 0.0132. The number of methoxy groups -OCH3 is 1. The average Bonchev–Trinajstić information content (AvgIpc) is 2.75. The number of benzene rings is 3. The molecule has 1 N–H and O–H groups in total. The molecular weight excluding hydrogens is 348 g/mol. The monoisotopic (exact) mass is 374 g/mol. The topological polar surface area (TPSA) is 41.6 Å². The maximum absolute atomic E-state index is 12.7. The van der Waals surface area contributed by atoms with Crippen LogP contribution in [0.5, 0.6) is 5.75 Å². The molecule has 1 heterocycles. The number of piperidine rings is 1. The first kappa shape index (κ1) is 18.5. The summed E-state index contributed by atoms with van der Waals surface area (Å²) in [5.74, 6) is 0.839. The van der Waals surface area contributed by atoms with Crippen LogP contribution in [0.4, 0.5) is 0 Å². The number of hydrogen-bond acceptors (Lipinski definition) is 3. The Labute approximate surface area is 166 Å². The van der Waals surface area contributed by atoms with E-state index in [2.05, 4.69) is 40.5 Å². The lowest BCUT2D eigenvalue weighted by Crippen LogP contribution is -2.44. The van der Waals surface area contributed by atoms with Crippen molar-refractivity contribution >= 4 is 16.7 Å². The number of carbonyl (C=O) groups excluding carboxylic acids is 1. The lowest BCUT2D eigenvalue weighted by Gasteiger charge is -2.32. The minimum Gasteiger partial charge on any atom is -0.497 e. The van der Waals surface area contributed by atoms with Crippen LogP contribution < -0.4 is 10.1 Å². The molecule has 144 valence electrons. The molecule has 4 heteroatoms. The molecule has 1 fully saturated rings. The Balaban J connectivity index is 1.33. The molecule has 0 saturated carbocycles. The summed E-state index contributed by atoms with van der Waals surface area (Å²) in [5, 5.41) is 5.34. The summed E-state index contributed by atoms with van der Waals surface area (Å²) in [5.41, 5.74) is 2.06. The standard InChI is InChI=1S/C24H26N2O2/c1-28-23-10-9-19-15-21(8-7-20(19)16-23)24(27)25-22-11-13-26(14-12-22)17-18-5-3-2-4-6-18/h2-10,15-16,22H,11-14,17H2,1H3,(H,25,27). The van der Waals surface area contributed by atoms with Gasteiger partial charge in [-0.3, -0.25) is 9.69 Å². The van der Waals surface area contributed by atoms with Crippen LogP contribution >= 0.6 is 0 Å². The Hall–Kier alpha value is -2.85. The minimum absolute atomic E-state index is 0.0132. The second-order valence-corrected chi connectivity index (χ2v) is 7.44. The van der Waals surface area contributed by atoms with Crippen molar-refractivity contribution in [3.8, 4) is 5.75 Å². The second-order valence-electron chi connectivity index (χ2n) is 7.44. The van der Waals surface area contributed by atoms with Gasteiger partial charge in [0.1, 0.15) is 5.75 Å². The maximum atomic E-state index is 12.7. The van der Waals surface area contributed by atoms with Crippen LogP contribution in [0.2, 0.25) is 0 Å². The third kappa shape index (κ3) is 4.34. The van der Waals surface area contributed by atoms with Crippen molar-refractivity contribution in [2.45, 2.75) is 25.4 Å². The summed E-state index contributed by atoms with van der Waals surface area (Å²) in [6.45, 7) is 3.00. The van der Waals surface area contributed by atoms with Gasteiger partial charge in [-0.05, 0) is 53.4 Å². The van der Waals surface area contributed by atoms with Crippen LogP contribution in [0.25, 0.3) is 10.8 Å². The first-order chi connectivity index (χ1) is 13.7. The molecule has 1 aliphatic rings. The Morgan fingerprint density at radius 3 is 2.46 bits per heavy atom. The Kier molecular flexibility index (Phi) is 5.58. The predicted molar refractivity (Wildman–Crippen MR) is 113 cm³/mol. The van der Waals surface area contributed by atoms with Crippen molar-refractivity contribution in [3.05, 3.63) is 77.9 Å². The quantitative estimate of drug-likeness (QED) is 0.726. The summed E-state index contributed by atoms with van der Waals surface area (Å²) in [6, 6.07) is 22.5. The zero-order chi connectivity index (χ0) is 19.3. The molecule has 4 rings (SSSR count). The van der Waals surface area contributed by atoms with E-state index in [1.165, 1.54) is 5.56 Å².